The number of ether oxygens (including phenoxy) is 1. The lowest BCUT2D eigenvalue weighted by molar-refractivity contribution is 0.167. The number of aliphatic hydroxyl groups is 1. The maximum Gasteiger partial charge on any atom is 0.321 e. The van der Waals surface area contributed by atoms with E-state index in [-0.39, 0.29) is 6.03 Å². The van der Waals surface area contributed by atoms with E-state index in [1.54, 1.807) is 18.9 Å². The molecule has 0 aliphatic rings. The fourth-order valence-corrected chi connectivity index (χ4v) is 1.73. The highest BCUT2D eigenvalue weighted by Crippen LogP contribution is 2.21. The first-order valence-electron chi connectivity index (χ1n) is 6.87. The van der Waals surface area contributed by atoms with Gasteiger partial charge in [0.2, 0.25) is 0 Å². The molecule has 0 saturated heterocycles. The lowest BCUT2D eigenvalue weighted by Crippen LogP contribution is -2.33. The van der Waals surface area contributed by atoms with Crippen LogP contribution in [0.5, 0.6) is 5.75 Å². The maximum atomic E-state index is 12.0. The van der Waals surface area contributed by atoms with Gasteiger partial charge in [0.1, 0.15) is 5.75 Å². The van der Waals surface area contributed by atoms with Crippen molar-refractivity contribution in [3.63, 3.8) is 0 Å². The van der Waals surface area contributed by atoms with Gasteiger partial charge in [-0.25, -0.2) is 4.79 Å². The molecule has 0 fully saturated rings. The van der Waals surface area contributed by atoms with Crippen LogP contribution in [0.2, 0.25) is 0 Å². The number of aryl methyl sites for hydroxylation is 1. The van der Waals surface area contributed by atoms with E-state index in [2.05, 4.69) is 5.32 Å². The average molecular weight is 280 g/mol. The van der Waals surface area contributed by atoms with Gasteiger partial charge in [-0.3, -0.25) is 0 Å². The van der Waals surface area contributed by atoms with Crippen molar-refractivity contribution in [1.82, 2.24) is 4.90 Å². The molecule has 0 aliphatic heterocycles. The Morgan fingerprint density at radius 3 is 2.75 bits per heavy atom. The van der Waals surface area contributed by atoms with E-state index in [1.807, 2.05) is 32.0 Å². The van der Waals surface area contributed by atoms with Gasteiger partial charge in [-0.2, -0.15) is 0 Å². The number of anilines is 1. The van der Waals surface area contributed by atoms with Crippen LogP contribution in [0.25, 0.3) is 0 Å². The van der Waals surface area contributed by atoms with Crippen LogP contribution in [0.4, 0.5) is 10.5 Å². The molecule has 1 rings (SSSR count). The number of nitrogens with zero attached hydrogens (tertiary/aromatic N) is 1. The minimum atomic E-state index is -0.405. The Hall–Kier alpha value is -1.75. The lowest BCUT2D eigenvalue weighted by Gasteiger charge is -2.19. The summed E-state index contributed by atoms with van der Waals surface area (Å²) in [7, 11) is 1.71. The summed E-state index contributed by atoms with van der Waals surface area (Å²) in [6.07, 6.45) is 0.157. The summed E-state index contributed by atoms with van der Waals surface area (Å²) in [5.74, 6) is 0.797. The zero-order valence-corrected chi connectivity index (χ0v) is 12.6. The molecule has 0 spiro atoms. The Balaban J connectivity index is 2.61. The third-order valence-electron chi connectivity index (χ3n) is 2.98. The normalized spacial score (nSPS) is 11.8. The van der Waals surface area contributed by atoms with Gasteiger partial charge < -0.3 is 20.1 Å². The van der Waals surface area contributed by atoms with Crippen LogP contribution in [0.15, 0.2) is 18.2 Å². The monoisotopic (exact) mass is 280 g/mol. The third kappa shape index (κ3) is 5.09. The van der Waals surface area contributed by atoms with Crippen LogP contribution in [-0.4, -0.2) is 42.3 Å². The van der Waals surface area contributed by atoms with Gasteiger partial charge >= 0.3 is 6.03 Å². The maximum absolute atomic E-state index is 12.0. The van der Waals surface area contributed by atoms with Crippen LogP contribution in [0.1, 0.15) is 25.8 Å². The van der Waals surface area contributed by atoms with E-state index >= 15 is 0 Å². The Labute approximate surface area is 120 Å². The largest absolute Gasteiger partial charge is 0.494 e. The molecule has 2 amide bonds. The van der Waals surface area contributed by atoms with Crippen molar-refractivity contribution in [1.29, 1.82) is 0 Å². The van der Waals surface area contributed by atoms with Gasteiger partial charge in [0.05, 0.1) is 12.7 Å². The molecule has 112 valence electrons. The summed E-state index contributed by atoms with van der Waals surface area (Å²) < 4.78 is 5.41. The number of carbonyl (C=O) groups excluding carboxylic acids is 1. The predicted octanol–water partition coefficient (Wildman–Crippen LogP) is 2.63. The van der Waals surface area contributed by atoms with E-state index in [9.17, 15) is 9.90 Å². The quantitative estimate of drug-likeness (QED) is 0.842. The van der Waals surface area contributed by atoms with Crippen molar-refractivity contribution in [2.75, 3.05) is 25.5 Å². The number of benzene rings is 1. The standard InChI is InChI=1S/C15H24N2O3/c1-5-20-13-6-7-14(11(2)10-13)16-15(19)17(4)9-8-12(3)18/h6-7,10,12,18H,5,8-9H2,1-4H3,(H,16,19). The highest BCUT2D eigenvalue weighted by molar-refractivity contribution is 5.90. The van der Waals surface area contributed by atoms with Gasteiger partial charge in [0, 0.05) is 19.3 Å². The van der Waals surface area contributed by atoms with Gasteiger partial charge in [-0.05, 0) is 51.0 Å². The molecule has 0 radical (unpaired) electrons. The summed E-state index contributed by atoms with van der Waals surface area (Å²) >= 11 is 0. The molecule has 2 N–H and O–H groups in total. The smallest absolute Gasteiger partial charge is 0.321 e. The summed E-state index contributed by atoms with van der Waals surface area (Å²) in [6, 6.07) is 5.38. The van der Waals surface area contributed by atoms with E-state index in [0.717, 1.165) is 17.0 Å². The minimum absolute atomic E-state index is 0.182. The highest BCUT2D eigenvalue weighted by atomic mass is 16.5. The molecule has 5 heteroatoms. The molecule has 0 saturated carbocycles. The first kappa shape index (κ1) is 16.3. The molecule has 20 heavy (non-hydrogen) atoms. The van der Waals surface area contributed by atoms with E-state index < -0.39 is 6.10 Å². The summed E-state index contributed by atoms with van der Waals surface area (Å²) in [5, 5.41) is 12.1. The molecule has 1 aromatic carbocycles. The number of rotatable bonds is 6. The number of amides is 2. The number of carbonyl (C=O) groups is 1. The molecular formula is C15H24N2O3. The Bertz CT molecular complexity index is 447. The molecule has 5 nitrogen and oxygen atoms in total. The van der Waals surface area contributed by atoms with Crippen molar-refractivity contribution >= 4 is 11.7 Å². The molecule has 1 unspecified atom stereocenters. The topological polar surface area (TPSA) is 61.8 Å². The number of nitrogens with one attached hydrogen (secondary N) is 1. The minimum Gasteiger partial charge on any atom is -0.494 e. The van der Waals surface area contributed by atoms with Crippen molar-refractivity contribution in [3.05, 3.63) is 23.8 Å². The Kier molecular flexibility index (Phi) is 6.31. The van der Waals surface area contributed by atoms with Crippen LogP contribution < -0.4 is 10.1 Å². The zero-order chi connectivity index (χ0) is 15.1. The number of hydrogen-bond donors (Lipinski definition) is 2. The average Bonchev–Trinajstić information content (AvgIpc) is 2.39. The van der Waals surface area contributed by atoms with Crippen molar-refractivity contribution < 1.29 is 14.6 Å². The van der Waals surface area contributed by atoms with E-state index in [1.165, 1.54) is 0 Å². The van der Waals surface area contributed by atoms with Crippen LogP contribution in [0.3, 0.4) is 0 Å². The predicted molar refractivity (Wildman–Crippen MR) is 80.3 cm³/mol. The molecule has 1 aromatic rings. The lowest BCUT2D eigenvalue weighted by atomic mass is 10.2. The SMILES string of the molecule is CCOc1ccc(NC(=O)N(C)CCC(C)O)c(C)c1. The second kappa shape index (κ2) is 7.75. The molecule has 0 aliphatic carbocycles. The summed E-state index contributed by atoms with van der Waals surface area (Å²) in [6.45, 7) is 6.70. The zero-order valence-electron chi connectivity index (χ0n) is 12.6. The Morgan fingerprint density at radius 1 is 1.50 bits per heavy atom. The van der Waals surface area contributed by atoms with Crippen molar-refractivity contribution in [3.8, 4) is 5.75 Å². The fraction of sp³-hybridized carbons (Fsp3) is 0.533. The van der Waals surface area contributed by atoms with E-state index in [0.29, 0.717) is 19.6 Å². The van der Waals surface area contributed by atoms with Crippen molar-refractivity contribution in [2.45, 2.75) is 33.3 Å². The molecular weight excluding hydrogens is 256 g/mol. The van der Waals surface area contributed by atoms with Gasteiger partial charge in [0.25, 0.3) is 0 Å². The summed E-state index contributed by atoms with van der Waals surface area (Å²) in [5.41, 5.74) is 1.72. The van der Waals surface area contributed by atoms with E-state index in [4.69, 9.17) is 4.74 Å². The first-order chi connectivity index (χ1) is 9.43. The van der Waals surface area contributed by atoms with Gasteiger partial charge in [-0.15, -0.1) is 0 Å². The molecule has 0 bridgehead atoms. The van der Waals surface area contributed by atoms with Crippen molar-refractivity contribution in [2.24, 2.45) is 0 Å². The third-order valence-corrected chi connectivity index (χ3v) is 2.98. The fourth-order valence-electron chi connectivity index (χ4n) is 1.73. The number of urea groups is 1. The first-order valence-corrected chi connectivity index (χ1v) is 6.87. The Morgan fingerprint density at radius 2 is 2.20 bits per heavy atom. The second-order valence-corrected chi connectivity index (χ2v) is 4.90. The van der Waals surface area contributed by atoms with Gasteiger partial charge in [-0.1, -0.05) is 0 Å². The highest BCUT2D eigenvalue weighted by Gasteiger charge is 2.11. The number of hydrogen-bond acceptors (Lipinski definition) is 3. The summed E-state index contributed by atoms with van der Waals surface area (Å²) in [4.78, 5) is 13.5. The number of aliphatic hydroxyl groups excluding tert-OH is 1. The van der Waals surface area contributed by atoms with Gasteiger partial charge in [0.15, 0.2) is 0 Å². The van der Waals surface area contributed by atoms with Crippen LogP contribution in [0, 0.1) is 6.92 Å². The molecule has 0 aromatic heterocycles. The van der Waals surface area contributed by atoms with Crippen LogP contribution in [-0.2, 0) is 0 Å². The second-order valence-electron chi connectivity index (χ2n) is 4.90. The van der Waals surface area contributed by atoms with Crippen LogP contribution >= 0.6 is 0 Å². The molecule has 1 atom stereocenters. The molecule has 0 heterocycles.